The van der Waals surface area contributed by atoms with Gasteiger partial charge >= 0.3 is 0 Å². The Hall–Kier alpha value is -2.17. The summed E-state index contributed by atoms with van der Waals surface area (Å²) >= 11 is 0. The van der Waals surface area contributed by atoms with Crippen LogP contribution >= 0.6 is 0 Å². The van der Waals surface area contributed by atoms with Gasteiger partial charge in [-0.3, -0.25) is 0 Å². The summed E-state index contributed by atoms with van der Waals surface area (Å²) in [6.45, 7) is 1.50. The van der Waals surface area contributed by atoms with Crippen LogP contribution in [0.4, 0.5) is 18.9 Å². The lowest BCUT2D eigenvalue weighted by Gasteiger charge is -2.16. The lowest BCUT2D eigenvalue weighted by molar-refractivity contribution is 0.215. The molecule has 100 valence electrons. The Bertz CT molecular complexity index is 581. The molecule has 0 amide bonds. The van der Waals surface area contributed by atoms with E-state index in [0.717, 1.165) is 18.2 Å². The number of rotatable bonds is 3. The van der Waals surface area contributed by atoms with Crippen molar-refractivity contribution in [3.63, 3.8) is 0 Å². The van der Waals surface area contributed by atoms with Gasteiger partial charge in [-0.05, 0) is 31.2 Å². The van der Waals surface area contributed by atoms with Gasteiger partial charge in [-0.2, -0.15) is 0 Å². The van der Waals surface area contributed by atoms with Crippen LogP contribution in [-0.4, -0.2) is 0 Å². The van der Waals surface area contributed by atoms with Crippen molar-refractivity contribution in [3.8, 4) is 5.75 Å². The molecule has 2 aromatic rings. The molecule has 0 aliphatic rings. The molecule has 2 nitrogen and oxygen atoms in total. The van der Waals surface area contributed by atoms with Gasteiger partial charge in [0.2, 0.25) is 0 Å². The highest BCUT2D eigenvalue weighted by Gasteiger charge is 2.17. The van der Waals surface area contributed by atoms with E-state index in [1.54, 1.807) is 0 Å². The standard InChI is InChI=1S/C14H12F3NO/c1-8(14-11(16)3-2-4-12(14)17)19-9-5-6-10(15)13(18)7-9/h2-8H,18H2,1H3. The van der Waals surface area contributed by atoms with E-state index in [1.165, 1.54) is 25.1 Å². The molecule has 0 fully saturated rings. The van der Waals surface area contributed by atoms with Gasteiger partial charge in [0.1, 0.15) is 29.3 Å². The zero-order valence-electron chi connectivity index (χ0n) is 10.2. The van der Waals surface area contributed by atoms with Crippen molar-refractivity contribution in [2.75, 3.05) is 5.73 Å². The highest BCUT2D eigenvalue weighted by Crippen LogP contribution is 2.27. The molecule has 0 saturated carbocycles. The second-order valence-electron chi connectivity index (χ2n) is 4.08. The highest BCUT2D eigenvalue weighted by atomic mass is 19.1. The number of hydrogen-bond acceptors (Lipinski definition) is 2. The van der Waals surface area contributed by atoms with E-state index >= 15 is 0 Å². The molecular weight excluding hydrogens is 255 g/mol. The fraction of sp³-hybridized carbons (Fsp3) is 0.143. The summed E-state index contributed by atoms with van der Waals surface area (Å²) in [7, 11) is 0. The molecule has 2 rings (SSSR count). The number of benzene rings is 2. The van der Waals surface area contributed by atoms with E-state index in [0.29, 0.717) is 0 Å². The van der Waals surface area contributed by atoms with Crippen LogP contribution in [0.5, 0.6) is 5.75 Å². The highest BCUT2D eigenvalue weighted by molar-refractivity contribution is 5.45. The van der Waals surface area contributed by atoms with Crippen LogP contribution in [0.25, 0.3) is 0 Å². The Labute approximate surface area is 108 Å². The monoisotopic (exact) mass is 267 g/mol. The van der Waals surface area contributed by atoms with Gasteiger partial charge in [-0.25, -0.2) is 13.2 Å². The topological polar surface area (TPSA) is 35.2 Å². The predicted molar refractivity (Wildman–Crippen MR) is 66.2 cm³/mol. The molecule has 0 bridgehead atoms. The fourth-order valence-corrected chi connectivity index (χ4v) is 1.76. The Balaban J connectivity index is 2.25. The molecule has 0 aliphatic carbocycles. The first-order chi connectivity index (χ1) is 8.99. The van der Waals surface area contributed by atoms with Crippen LogP contribution in [0.2, 0.25) is 0 Å². The smallest absolute Gasteiger partial charge is 0.146 e. The van der Waals surface area contributed by atoms with Gasteiger partial charge in [-0.1, -0.05) is 6.07 Å². The molecule has 0 heterocycles. The van der Waals surface area contributed by atoms with Crippen molar-refractivity contribution < 1.29 is 17.9 Å². The van der Waals surface area contributed by atoms with Crippen LogP contribution in [0.3, 0.4) is 0 Å². The minimum absolute atomic E-state index is 0.0845. The maximum absolute atomic E-state index is 13.5. The Morgan fingerprint density at radius 1 is 1.00 bits per heavy atom. The summed E-state index contributed by atoms with van der Waals surface area (Å²) in [6.07, 6.45) is -0.855. The molecule has 2 N–H and O–H groups in total. The molecule has 0 aliphatic heterocycles. The maximum Gasteiger partial charge on any atom is 0.146 e. The molecule has 0 spiro atoms. The molecule has 1 atom stereocenters. The zero-order valence-corrected chi connectivity index (χ0v) is 10.2. The Kier molecular flexibility index (Phi) is 3.64. The Morgan fingerprint density at radius 3 is 2.21 bits per heavy atom. The van der Waals surface area contributed by atoms with Crippen molar-refractivity contribution in [2.24, 2.45) is 0 Å². The largest absolute Gasteiger partial charge is 0.486 e. The summed E-state index contributed by atoms with van der Waals surface area (Å²) < 4.78 is 45.4. The lowest BCUT2D eigenvalue weighted by Crippen LogP contribution is -2.08. The van der Waals surface area contributed by atoms with Gasteiger partial charge in [0.05, 0.1) is 11.3 Å². The average Bonchev–Trinajstić information content (AvgIpc) is 2.33. The third kappa shape index (κ3) is 2.81. The molecule has 5 heteroatoms. The van der Waals surface area contributed by atoms with E-state index in [-0.39, 0.29) is 17.0 Å². The van der Waals surface area contributed by atoms with Crippen LogP contribution in [0.1, 0.15) is 18.6 Å². The zero-order chi connectivity index (χ0) is 14.0. The first-order valence-corrected chi connectivity index (χ1v) is 5.64. The van der Waals surface area contributed by atoms with Crippen molar-refractivity contribution in [1.29, 1.82) is 0 Å². The molecule has 1 unspecified atom stereocenters. The number of halogens is 3. The second kappa shape index (κ2) is 5.22. The summed E-state index contributed by atoms with van der Waals surface area (Å²) in [4.78, 5) is 0. The van der Waals surface area contributed by atoms with Gasteiger partial charge in [-0.15, -0.1) is 0 Å². The van der Waals surface area contributed by atoms with Crippen molar-refractivity contribution >= 4 is 5.69 Å². The van der Waals surface area contributed by atoms with Crippen molar-refractivity contribution in [2.45, 2.75) is 13.0 Å². The normalized spacial score (nSPS) is 12.2. The summed E-state index contributed by atoms with van der Waals surface area (Å²) in [5.74, 6) is -1.71. The quantitative estimate of drug-likeness (QED) is 0.858. The van der Waals surface area contributed by atoms with Gasteiger partial charge in [0, 0.05) is 6.07 Å². The Morgan fingerprint density at radius 2 is 1.63 bits per heavy atom. The maximum atomic E-state index is 13.5. The molecule has 0 aromatic heterocycles. The number of hydrogen-bond donors (Lipinski definition) is 1. The second-order valence-corrected chi connectivity index (χ2v) is 4.08. The van der Waals surface area contributed by atoms with Gasteiger partial charge < -0.3 is 10.5 Å². The molecule has 0 radical (unpaired) electrons. The number of ether oxygens (including phenoxy) is 1. The molecule has 19 heavy (non-hydrogen) atoms. The lowest BCUT2D eigenvalue weighted by atomic mass is 10.1. The average molecular weight is 267 g/mol. The van der Waals surface area contributed by atoms with E-state index in [1.807, 2.05) is 0 Å². The van der Waals surface area contributed by atoms with Crippen LogP contribution in [-0.2, 0) is 0 Å². The third-order valence-electron chi connectivity index (χ3n) is 2.69. The van der Waals surface area contributed by atoms with Crippen LogP contribution in [0, 0.1) is 17.5 Å². The molecule has 2 aromatic carbocycles. The van der Waals surface area contributed by atoms with Gasteiger partial charge in [0.15, 0.2) is 0 Å². The minimum atomic E-state index is -0.855. The minimum Gasteiger partial charge on any atom is -0.486 e. The summed E-state index contributed by atoms with van der Waals surface area (Å²) in [6, 6.07) is 7.33. The molecule has 0 saturated heterocycles. The summed E-state index contributed by atoms with van der Waals surface area (Å²) in [5, 5.41) is 0. The fourth-order valence-electron chi connectivity index (χ4n) is 1.76. The SMILES string of the molecule is CC(Oc1ccc(F)c(N)c1)c1c(F)cccc1F. The third-order valence-corrected chi connectivity index (χ3v) is 2.69. The number of nitrogens with two attached hydrogens (primary N) is 1. The number of nitrogen functional groups attached to an aromatic ring is 1. The molecular formula is C14H12F3NO. The van der Waals surface area contributed by atoms with E-state index in [9.17, 15) is 13.2 Å². The first kappa shape index (κ1) is 13.3. The van der Waals surface area contributed by atoms with Crippen molar-refractivity contribution in [3.05, 3.63) is 59.4 Å². The first-order valence-electron chi connectivity index (χ1n) is 5.64. The predicted octanol–water partition coefficient (Wildman–Crippen LogP) is 3.83. The van der Waals surface area contributed by atoms with Crippen LogP contribution < -0.4 is 10.5 Å². The van der Waals surface area contributed by atoms with Crippen LogP contribution in [0.15, 0.2) is 36.4 Å². The van der Waals surface area contributed by atoms with E-state index in [2.05, 4.69) is 0 Å². The van der Waals surface area contributed by atoms with E-state index in [4.69, 9.17) is 10.5 Å². The van der Waals surface area contributed by atoms with E-state index < -0.39 is 23.6 Å². The van der Waals surface area contributed by atoms with Gasteiger partial charge in [0.25, 0.3) is 0 Å². The summed E-state index contributed by atoms with van der Waals surface area (Å²) in [5.41, 5.74) is 5.13. The number of anilines is 1. The van der Waals surface area contributed by atoms with Crippen molar-refractivity contribution in [1.82, 2.24) is 0 Å².